The monoisotopic (exact) mass is 427 g/mol. The van der Waals surface area contributed by atoms with E-state index in [1.807, 2.05) is 0 Å². The molecule has 0 saturated carbocycles. The molecule has 0 bridgehead atoms. The SMILES string of the molecule is CCOc1cc(C=CC(=O)Nc2ccc(Oc3ncccn3)cc2)ccc1OC(F)F. The van der Waals surface area contributed by atoms with Crippen molar-refractivity contribution in [2.75, 3.05) is 11.9 Å². The maximum absolute atomic E-state index is 12.5. The fraction of sp³-hybridized carbons (Fsp3) is 0.136. The molecule has 3 rings (SSSR count). The average molecular weight is 427 g/mol. The van der Waals surface area contributed by atoms with Crippen LogP contribution in [0, 0.1) is 0 Å². The zero-order valence-electron chi connectivity index (χ0n) is 16.5. The Hall–Kier alpha value is -4.01. The lowest BCUT2D eigenvalue weighted by molar-refractivity contribution is -0.111. The largest absolute Gasteiger partial charge is 0.490 e. The lowest BCUT2D eigenvalue weighted by atomic mass is 10.2. The molecule has 0 saturated heterocycles. The zero-order valence-corrected chi connectivity index (χ0v) is 16.5. The number of nitrogens with zero attached hydrogens (tertiary/aromatic N) is 2. The molecular weight excluding hydrogens is 408 g/mol. The van der Waals surface area contributed by atoms with E-state index in [0.29, 0.717) is 17.0 Å². The second-order valence-corrected chi connectivity index (χ2v) is 6.00. The zero-order chi connectivity index (χ0) is 22.1. The van der Waals surface area contributed by atoms with Gasteiger partial charge in [-0.05, 0) is 61.0 Å². The van der Waals surface area contributed by atoms with Crippen molar-refractivity contribution in [3.8, 4) is 23.3 Å². The first-order chi connectivity index (χ1) is 15.0. The highest BCUT2D eigenvalue weighted by atomic mass is 19.3. The number of hydrogen-bond acceptors (Lipinski definition) is 6. The van der Waals surface area contributed by atoms with Crippen LogP contribution in [0.1, 0.15) is 12.5 Å². The van der Waals surface area contributed by atoms with Gasteiger partial charge in [0, 0.05) is 24.2 Å². The molecule has 1 N–H and O–H groups in total. The van der Waals surface area contributed by atoms with E-state index in [-0.39, 0.29) is 30.0 Å². The van der Waals surface area contributed by atoms with Crippen molar-refractivity contribution < 1.29 is 27.8 Å². The maximum atomic E-state index is 12.5. The summed E-state index contributed by atoms with van der Waals surface area (Å²) in [5.74, 6) is 0.255. The highest BCUT2D eigenvalue weighted by Crippen LogP contribution is 2.30. The summed E-state index contributed by atoms with van der Waals surface area (Å²) in [6, 6.07) is 13.0. The van der Waals surface area contributed by atoms with E-state index in [4.69, 9.17) is 9.47 Å². The summed E-state index contributed by atoms with van der Waals surface area (Å²) in [5.41, 5.74) is 1.15. The molecule has 1 heterocycles. The fourth-order valence-corrected chi connectivity index (χ4v) is 2.50. The lowest BCUT2D eigenvalue weighted by Gasteiger charge is -2.11. The van der Waals surface area contributed by atoms with Gasteiger partial charge >= 0.3 is 12.6 Å². The second-order valence-electron chi connectivity index (χ2n) is 6.00. The first-order valence-electron chi connectivity index (χ1n) is 9.29. The number of rotatable bonds is 9. The summed E-state index contributed by atoms with van der Waals surface area (Å²) in [7, 11) is 0. The normalized spacial score (nSPS) is 10.8. The number of aromatic nitrogens is 2. The molecule has 0 aliphatic carbocycles. The Bertz CT molecular complexity index is 1030. The molecule has 0 aliphatic rings. The molecule has 9 heteroatoms. The number of benzene rings is 2. The summed E-state index contributed by atoms with van der Waals surface area (Å²) in [5, 5.41) is 2.71. The Balaban J connectivity index is 1.60. The van der Waals surface area contributed by atoms with E-state index in [1.165, 1.54) is 24.3 Å². The maximum Gasteiger partial charge on any atom is 0.387 e. The first-order valence-corrected chi connectivity index (χ1v) is 9.29. The van der Waals surface area contributed by atoms with Crippen LogP contribution in [-0.4, -0.2) is 29.1 Å². The van der Waals surface area contributed by atoms with Crippen molar-refractivity contribution in [3.63, 3.8) is 0 Å². The van der Waals surface area contributed by atoms with Gasteiger partial charge in [0.2, 0.25) is 5.91 Å². The third-order valence-corrected chi connectivity index (χ3v) is 3.78. The second kappa shape index (κ2) is 10.7. The minimum absolute atomic E-state index is 0.0679. The highest BCUT2D eigenvalue weighted by Gasteiger charge is 2.11. The topological polar surface area (TPSA) is 82.6 Å². The summed E-state index contributed by atoms with van der Waals surface area (Å²) in [4.78, 5) is 20.1. The predicted molar refractivity (Wildman–Crippen MR) is 110 cm³/mol. The molecule has 31 heavy (non-hydrogen) atoms. The van der Waals surface area contributed by atoms with E-state index >= 15 is 0 Å². The van der Waals surface area contributed by atoms with E-state index in [2.05, 4.69) is 20.0 Å². The molecule has 3 aromatic rings. The number of hydrogen-bond donors (Lipinski definition) is 1. The number of alkyl halides is 2. The molecule has 1 amide bonds. The van der Waals surface area contributed by atoms with Crippen LogP contribution in [0.2, 0.25) is 0 Å². The van der Waals surface area contributed by atoms with Gasteiger partial charge in [-0.25, -0.2) is 9.97 Å². The predicted octanol–water partition coefficient (Wildman–Crippen LogP) is 4.92. The first kappa shape index (κ1) is 21.7. The lowest BCUT2D eigenvalue weighted by Crippen LogP contribution is -2.07. The van der Waals surface area contributed by atoms with Crippen LogP contribution >= 0.6 is 0 Å². The standard InChI is InChI=1S/C22H19F2N3O4/c1-2-29-19-14-15(4-10-18(19)31-21(23)24)5-11-20(28)27-16-6-8-17(9-7-16)30-22-25-12-3-13-26-22/h3-14,21H,2H2,1H3,(H,27,28). The molecule has 1 aromatic heterocycles. The van der Waals surface area contributed by atoms with Crippen molar-refractivity contribution in [2.24, 2.45) is 0 Å². The third-order valence-electron chi connectivity index (χ3n) is 3.78. The minimum atomic E-state index is -2.96. The number of nitrogens with one attached hydrogen (secondary N) is 1. The Morgan fingerprint density at radius 3 is 2.52 bits per heavy atom. The van der Waals surface area contributed by atoms with Crippen LogP contribution in [0.25, 0.3) is 6.08 Å². The van der Waals surface area contributed by atoms with Crippen LogP contribution in [0.4, 0.5) is 14.5 Å². The van der Waals surface area contributed by atoms with Gasteiger partial charge < -0.3 is 19.5 Å². The number of anilines is 1. The summed E-state index contributed by atoms with van der Waals surface area (Å²) < 4.78 is 40.2. The van der Waals surface area contributed by atoms with E-state index in [9.17, 15) is 13.6 Å². The van der Waals surface area contributed by atoms with Gasteiger partial charge in [0.15, 0.2) is 11.5 Å². The molecule has 7 nitrogen and oxygen atoms in total. The Morgan fingerprint density at radius 2 is 1.84 bits per heavy atom. The van der Waals surface area contributed by atoms with E-state index in [0.717, 1.165) is 0 Å². The number of halogens is 2. The van der Waals surface area contributed by atoms with Gasteiger partial charge in [0.25, 0.3) is 0 Å². The van der Waals surface area contributed by atoms with Gasteiger partial charge in [-0.2, -0.15) is 8.78 Å². The number of amides is 1. The average Bonchev–Trinajstić information content (AvgIpc) is 2.76. The summed E-state index contributed by atoms with van der Waals surface area (Å²) in [6.45, 7) is -0.947. The third kappa shape index (κ3) is 6.77. The van der Waals surface area contributed by atoms with Crippen LogP contribution in [0.5, 0.6) is 23.3 Å². The van der Waals surface area contributed by atoms with Crippen molar-refractivity contribution in [3.05, 3.63) is 72.6 Å². The smallest absolute Gasteiger partial charge is 0.387 e. The van der Waals surface area contributed by atoms with Crippen molar-refractivity contribution in [1.29, 1.82) is 0 Å². The van der Waals surface area contributed by atoms with Gasteiger partial charge in [-0.3, -0.25) is 4.79 Å². The highest BCUT2D eigenvalue weighted by molar-refractivity contribution is 6.02. The number of carbonyl (C=O) groups excluding carboxylic acids is 1. The molecule has 2 aromatic carbocycles. The summed E-state index contributed by atoms with van der Waals surface area (Å²) >= 11 is 0. The number of ether oxygens (including phenoxy) is 3. The molecule has 0 radical (unpaired) electrons. The molecule has 0 spiro atoms. The van der Waals surface area contributed by atoms with Crippen molar-refractivity contribution in [2.45, 2.75) is 13.5 Å². The van der Waals surface area contributed by atoms with Crippen LogP contribution in [-0.2, 0) is 4.79 Å². The molecule has 0 unspecified atom stereocenters. The van der Waals surface area contributed by atoms with E-state index < -0.39 is 6.61 Å². The molecule has 0 fully saturated rings. The molecule has 0 aliphatic heterocycles. The molecular formula is C22H19F2N3O4. The van der Waals surface area contributed by atoms with Gasteiger partial charge in [0.05, 0.1) is 6.61 Å². The van der Waals surface area contributed by atoms with Crippen LogP contribution in [0.15, 0.2) is 67.0 Å². The molecule has 0 atom stereocenters. The van der Waals surface area contributed by atoms with Gasteiger partial charge in [0.1, 0.15) is 5.75 Å². The van der Waals surface area contributed by atoms with Crippen molar-refractivity contribution in [1.82, 2.24) is 9.97 Å². The van der Waals surface area contributed by atoms with Crippen LogP contribution in [0.3, 0.4) is 0 Å². The van der Waals surface area contributed by atoms with Crippen molar-refractivity contribution >= 4 is 17.7 Å². The Kier molecular flexibility index (Phi) is 7.47. The minimum Gasteiger partial charge on any atom is -0.490 e. The van der Waals surface area contributed by atoms with E-state index in [1.54, 1.807) is 55.7 Å². The Labute approximate surface area is 177 Å². The van der Waals surface area contributed by atoms with Gasteiger partial charge in [-0.1, -0.05) is 6.07 Å². The summed E-state index contributed by atoms with van der Waals surface area (Å²) in [6.07, 6.45) is 6.00. The van der Waals surface area contributed by atoms with Crippen LogP contribution < -0.4 is 19.5 Å². The fourth-order valence-electron chi connectivity index (χ4n) is 2.50. The Morgan fingerprint density at radius 1 is 1.10 bits per heavy atom. The number of carbonyl (C=O) groups is 1. The molecule has 160 valence electrons. The van der Waals surface area contributed by atoms with Gasteiger partial charge in [-0.15, -0.1) is 0 Å². The quantitative estimate of drug-likeness (QED) is 0.488.